The number of nitrogens with one attached hydrogen (secondary N) is 1. The molecule has 40 heavy (non-hydrogen) atoms. The van der Waals surface area contributed by atoms with E-state index in [0.717, 1.165) is 18.4 Å². The minimum atomic E-state index is -4.57. The fourth-order valence-corrected chi connectivity index (χ4v) is 6.07. The molecule has 2 heterocycles. The maximum atomic E-state index is 13.7. The number of halogens is 3. The topological polar surface area (TPSA) is 108 Å². The minimum Gasteiger partial charge on any atom is -0.380 e. The van der Waals surface area contributed by atoms with Crippen molar-refractivity contribution in [3.05, 3.63) is 66.0 Å². The number of alkyl halides is 3. The summed E-state index contributed by atoms with van der Waals surface area (Å²) in [5.74, 6) is -2.45. The van der Waals surface area contributed by atoms with Crippen LogP contribution in [0.1, 0.15) is 62.0 Å². The van der Waals surface area contributed by atoms with Gasteiger partial charge in [0.1, 0.15) is 0 Å². The average molecular weight is 559 g/mol. The number of imidazole rings is 1. The van der Waals surface area contributed by atoms with E-state index in [2.05, 4.69) is 10.3 Å². The van der Waals surface area contributed by atoms with E-state index in [-0.39, 0.29) is 24.5 Å². The number of hydrogen-bond acceptors (Lipinski definition) is 5. The van der Waals surface area contributed by atoms with Crippen molar-refractivity contribution >= 4 is 22.8 Å². The number of aliphatic hydroxyl groups excluding tert-OH is 2. The first-order valence-electron chi connectivity index (χ1n) is 13.7. The van der Waals surface area contributed by atoms with Gasteiger partial charge >= 0.3 is 6.18 Å². The molecule has 2 fully saturated rings. The van der Waals surface area contributed by atoms with Gasteiger partial charge in [-0.05, 0) is 62.1 Å². The van der Waals surface area contributed by atoms with Gasteiger partial charge < -0.3 is 25.0 Å². The number of benzene rings is 2. The number of aromatic nitrogens is 2. The zero-order valence-electron chi connectivity index (χ0n) is 21.9. The summed E-state index contributed by atoms with van der Waals surface area (Å²) in [6, 6.07) is 15.4. The predicted octanol–water partition coefficient (Wildman–Crippen LogP) is 3.99. The third-order valence-electron chi connectivity index (χ3n) is 8.14. The summed E-state index contributed by atoms with van der Waals surface area (Å²) in [7, 11) is 0. The number of fused-ring (bicyclic) bond motifs is 1. The third-order valence-corrected chi connectivity index (χ3v) is 8.14. The number of likely N-dealkylation sites (tertiary alicyclic amines) is 1. The van der Waals surface area contributed by atoms with Gasteiger partial charge in [0.25, 0.3) is 11.8 Å². The van der Waals surface area contributed by atoms with Gasteiger partial charge in [0.2, 0.25) is 5.82 Å². The summed E-state index contributed by atoms with van der Waals surface area (Å²) in [4.78, 5) is 30.9. The first-order chi connectivity index (χ1) is 19.1. The Balaban J connectivity index is 1.15. The first-order valence-corrected chi connectivity index (χ1v) is 13.7. The predicted molar refractivity (Wildman–Crippen MR) is 141 cm³/mol. The van der Waals surface area contributed by atoms with E-state index < -0.39 is 36.0 Å². The maximum absolute atomic E-state index is 13.7. The van der Waals surface area contributed by atoms with Gasteiger partial charge in [-0.2, -0.15) is 13.2 Å². The number of aliphatic hydroxyl groups is 2. The molecule has 1 aliphatic heterocycles. The normalized spacial score (nSPS) is 23.2. The first kappa shape index (κ1) is 28.1. The maximum Gasteiger partial charge on any atom is 0.449 e. The van der Waals surface area contributed by atoms with Gasteiger partial charge in [-0.3, -0.25) is 9.59 Å². The third kappa shape index (κ3) is 5.71. The highest BCUT2D eigenvalue weighted by Crippen LogP contribution is 2.39. The van der Waals surface area contributed by atoms with Crippen LogP contribution in [0.2, 0.25) is 0 Å². The van der Waals surface area contributed by atoms with Crippen molar-refractivity contribution in [3.8, 4) is 0 Å². The van der Waals surface area contributed by atoms with E-state index in [9.17, 15) is 33.0 Å². The van der Waals surface area contributed by atoms with Crippen molar-refractivity contribution in [3.63, 3.8) is 0 Å². The van der Waals surface area contributed by atoms with Crippen molar-refractivity contribution in [2.24, 2.45) is 5.92 Å². The minimum absolute atomic E-state index is 0.00888. The summed E-state index contributed by atoms with van der Waals surface area (Å²) in [5, 5.41) is 23.6. The van der Waals surface area contributed by atoms with E-state index in [1.54, 1.807) is 24.3 Å². The van der Waals surface area contributed by atoms with Crippen LogP contribution in [-0.2, 0) is 15.8 Å². The Kier molecular flexibility index (Phi) is 8.14. The molecule has 3 aromatic rings. The molecule has 0 radical (unpaired) electrons. The molecule has 3 atom stereocenters. The summed E-state index contributed by atoms with van der Waals surface area (Å²) >= 11 is 0. The van der Waals surface area contributed by atoms with Crippen LogP contribution in [0, 0.1) is 5.92 Å². The molecule has 5 rings (SSSR count). The number of carbonyl (C=O) groups is 2. The van der Waals surface area contributed by atoms with Crippen LogP contribution < -0.4 is 5.32 Å². The molecule has 1 saturated carbocycles. The fraction of sp³-hybridized carbons (Fsp3) is 0.483. The molecular formula is C29H33F3N4O4. The average Bonchev–Trinajstić information content (AvgIpc) is 3.61. The van der Waals surface area contributed by atoms with Crippen LogP contribution in [0.3, 0.4) is 0 Å². The molecule has 2 aromatic carbocycles. The molecule has 1 aliphatic carbocycles. The molecule has 8 nitrogen and oxygen atoms in total. The Morgan fingerprint density at radius 3 is 2.33 bits per heavy atom. The van der Waals surface area contributed by atoms with E-state index in [1.165, 1.54) is 9.47 Å². The Morgan fingerprint density at radius 1 is 0.950 bits per heavy atom. The molecular weight excluding hydrogens is 525 g/mol. The van der Waals surface area contributed by atoms with E-state index in [0.29, 0.717) is 43.3 Å². The van der Waals surface area contributed by atoms with Gasteiger partial charge in [0.15, 0.2) is 12.2 Å². The van der Waals surface area contributed by atoms with Crippen LogP contribution >= 0.6 is 0 Å². The van der Waals surface area contributed by atoms with Crippen molar-refractivity contribution in [1.82, 2.24) is 19.8 Å². The Labute approximate surface area is 229 Å². The van der Waals surface area contributed by atoms with Crippen LogP contribution in [0.15, 0.2) is 54.6 Å². The lowest BCUT2D eigenvalue weighted by Crippen LogP contribution is -2.51. The smallest absolute Gasteiger partial charge is 0.380 e. The van der Waals surface area contributed by atoms with Crippen LogP contribution in [0.25, 0.3) is 11.0 Å². The summed E-state index contributed by atoms with van der Waals surface area (Å²) < 4.78 is 42.5. The second-order valence-electron chi connectivity index (χ2n) is 10.7. The van der Waals surface area contributed by atoms with Crippen LogP contribution in [0.5, 0.6) is 0 Å². The van der Waals surface area contributed by atoms with Gasteiger partial charge in [0.05, 0.1) is 17.1 Å². The largest absolute Gasteiger partial charge is 0.449 e. The van der Waals surface area contributed by atoms with E-state index in [4.69, 9.17) is 0 Å². The number of hydrogen-bond donors (Lipinski definition) is 3. The molecule has 0 spiro atoms. The fourth-order valence-electron chi connectivity index (χ4n) is 6.07. The Morgan fingerprint density at radius 2 is 1.62 bits per heavy atom. The summed E-state index contributed by atoms with van der Waals surface area (Å²) in [6.45, 7) is 0.617. The Hall–Kier alpha value is -3.44. The molecule has 0 bridgehead atoms. The highest BCUT2D eigenvalue weighted by molar-refractivity contribution is 5.91. The van der Waals surface area contributed by atoms with Gasteiger partial charge in [-0.1, -0.05) is 42.5 Å². The number of rotatable bonds is 7. The zero-order valence-corrected chi connectivity index (χ0v) is 21.9. The van der Waals surface area contributed by atoms with Gasteiger partial charge in [0, 0.05) is 19.1 Å². The lowest BCUT2D eigenvalue weighted by Gasteiger charge is -2.31. The quantitative estimate of drug-likeness (QED) is 0.407. The van der Waals surface area contributed by atoms with Crippen LogP contribution in [-0.4, -0.2) is 61.8 Å². The highest BCUT2D eigenvalue weighted by atomic mass is 19.4. The Bertz CT molecular complexity index is 1340. The molecule has 1 saturated heterocycles. The second kappa shape index (κ2) is 11.6. The second-order valence-corrected chi connectivity index (χ2v) is 10.7. The van der Waals surface area contributed by atoms with Crippen LogP contribution in [0.4, 0.5) is 13.2 Å². The molecule has 3 N–H and O–H groups in total. The summed E-state index contributed by atoms with van der Waals surface area (Å²) in [6.07, 6.45) is -4.82. The number of carbonyl (C=O) groups excluding carboxylic acids is 2. The number of para-hydroxylation sites is 2. The number of amides is 2. The molecule has 2 aliphatic rings. The highest BCUT2D eigenvalue weighted by Gasteiger charge is 2.41. The van der Waals surface area contributed by atoms with Crippen molar-refractivity contribution in [1.29, 1.82) is 0 Å². The van der Waals surface area contributed by atoms with Gasteiger partial charge in [-0.25, -0.2) is 4.98 Å². The van der Waals surface area contributed by atoms with E-state index >= 15 is 0 Å². The molecule has 1 aromatic heterocycles. The zero-order chi connectivity index (χ0) is 28.4. The summed E-state index contributed by atoms with van der Waals surface area (Å²) in [5.41, 5.74) is 1.68. The molecule has 2 amide bonds. The monoisotopic (exact) mass is 558 g/mol. The van der Waals surface area contributed by atoms with Crippen molar-refractivity contribution < 1.29 is 33.0 Å². The van der Waals surface area contributed by atoms with E-state index in [1.807, 2.05) is 30.3 Å². The van der Waals surface area contributed by atoms with Crippen molar-refractivity contribution in [2.45, 2.75) is 69.0 Å². The SMILES string of the molecule is O=C(NCC1CCC(n2c(C(F)(F)F)nc3ccccc32)CC1)[C@H](O)[C@@H](O)C(=O)N1CCC[C@@H]1c1ccccc1. The van der Waals surface area contributed by atoms with Gasteiger partial charge in [-0.15, -0.1) is 0 Å². The molecule has 214 valence electrons. The molecule has 0 unspecified atom stereocenters. The van der Waals surface area contributed by atoms with Crippen molar-refractivity contribution in [2.75, 3.05) is 13.1 Å². The lowest BCUT2D eigenvalue weighted by molar-refractivity contribution is -0.153. The standard InChI is InChI=1S/C29H33F3N4O4/c30-29(31,32)28-34-21-9-4-5-10-23(21)36(28)20-14-12-18(13-15-20)17-33-26(39)24(37)25(38)27(40)35-16-6-11-22(35)19-7-2-1-3-8-19/h1-5,7-10,18,20,22,24-25,37-38H,6,11-17H2,(H,33,39)/t18?,20?,22-,24-,25-/m1/s1. The number of nitrogens with zero attached hydrogens (tertiary/aromatic N) is 3. The molecule has 11 heteroatoms. The lowest BCUT2D eigenvalue weighted by atomic mass is 9.85.